The van der Waals surface area contributed by atoms with Gasteiger partial charge in [-0.3, -0.25) is 9.79 Å². The summed E-state index contributed by atoms with van der Waals surface area (Å²) < 4.78 is 11.8. The third-order valence-electron chi connectivity index (χ3n) is 4.96. The summed E-state index contributed by atoms with van der Waals surface area (Å²) in [5.41, 5.74) is 4.67. The molecule has 2 aromatic rings. The SMILES string of the molecule is COc1cc2c(c3c1OC(C)(C)C3)C(c1ccc(=O)[nH]c1)=NC(C)(C)C2. The van der Waals surface area contributed by atoms with Crippen molar-refractivity contribution in [3.8, 4) is 11.5 Å². The van der Waals surface area contributed by atoms with Crippen LogP contribution in [0.4, 0.5) is 0 Å². The van der Waals surface area contributed by atoms with Crippen molar-refractivity contribution in [1.29, 1.82) is 0 Å². The molecule has 3 heterocycles. The maximum atomic E-state index is 11.5. The van der Waals surface area contributed by atoms with Crippen LogP contribution in [0.15, 0.2) is 34.2 Å². The number of aromatic nitrogens is 1. The fourth-order valence-corrected chi connectivity index (χ4v) is 3.99. The number of benzene rings is 1. The monoisotopic (exact) mass is 352 g/mol. The number of hydrogen-bond acceptors (Lipinski definition) is 4. The highest BCUT2D eigenvalue weighted by Crippen LogP contribution is 2.47. The molecule has 1 N–H and O–H groups in total. The van der Waals surface area contributed by atoms with E-state index >= 15 is 0 Å². The first-order chi connectivity index (χ1) is 12.2. The normalized spacial score (nSPS) is 19.2. The van der Waals surface area contributed by atoms with Gasteiger partial charge in [0.25, 0.3) is 0 Å². The van der Waals surface area contributed by atoms with Gasteiger partial charge in [-0.2, -0.15) is 0 Å². The van der Waals surface area contributed by atoms with Crippen LogP contribution in [0.2, 0.25) is 0 Å². The predicted molar refractivity (Wildman–Crippen MR) is 102 cm³/mol. The Bertz CT molecular complexity index is 963. The molecule has 1 aromatic heterocycles. The van der Waals surface area contributed by atoms with Crippen LogP contribution in [0.3, 0.4) is 0 Å². The highest BCUT2D eigenvalue weighted by atomic mass is 16.5. The Morgan fingerprint density at radius 2 is 1.96 bits per heavy atom. The van der Waals surface area contributed by atoms with Gasteiger partial charge in [0.15, 0.2) is 11.5 Å². The minimum Gasteiger partial charge on any atom is -0.493 e. The van der Waals surface area contributed by atoms with E-state index in [-0.39, 0.29) is 16.7 Å². The van der Waals surface area contributed by atoms with E-state index < -0.39 is 0 Å². The first-order valence-corrected chi connectivity index (χ1v) is 8.90. The Labute approximate surface area is 153 Å². The molecular weight excluding hydrogens is 328 g/mol. The lowest BCUT2D eigenvalue weighted by molar-refractivity contribution is 0.134. The molecule has 2 aliphatic heterocycles. The van der Waals surface area contributed by atoms with Gasteiger partial charge in [-0.15, -0.1) is 0 Å². The molecule has 0 amide bonds. The number of fused-ring (bicyclic) bond motifs is 3. The van der Waals surface area contributed by atoms with Crippen molar-refractivity contribution in [1.82, 2.24) is 4.98 Å². The Hall–Kier alpha value is -2.56. The summed E-state index contributed by atoms with van der Waals surface area (Å²) in [6, 6.07) is 5.46. The van der Waals surface area contributed by atoms with Crippen LogP contribution in [0, 0.1) is 0 Å². The molecule has 0 bridgehead atoms. The molecule has 0 saturated heterocycles. The van der Waals surface area contributed by atoms with Crippen molar-refractivity contribution in [3.05, 3.63) is 57.0 Å². The summed E-state index contributed by atoms with van der Waals surface area (Å²) in [5, 5.41) is 0. The molecule has 5 heteroatoms. The molecule has 0 aliphatic carbocycles. The summed E-state index contributed by atoms with van der Waals surface area (Å²) in [6.07, 6.45) is 3.37. The van der Waals surface area contributed by atoms with Gasteiger partial charge in [-0.1, -0.05) is 0 Å². The number of rotatable bonds is 2. The number of H-pyrrole nitrogens is 1. The molecule has 26 heavy (non-hydrogen) atoms. The number of aliphatic imine (C=N–C) groups is 1. The van der Waals surface area contributed by atoms with Gasteiger partial charge in [0.2, 0.25) is 5.56 Å². The number of methoxy groups -OCH3 is 1. The molecule has 1 aromatic carbocycles. The van der Waals surface area contributed by atoms with E-state index in [1.807, 2.05) is 6.07 Å². The zero-order chi connectivity index (χ0) is 18.7. The first kappa shape index (κ1) is 16.9. The van der Waals surface area contributed by atoms with Crippen LogP contribution >= 0.6 is 0 Å². The number of hydrogen-bond donors (Lipinski definition) is 1. The lowest BCUT2D eigenvalue weighted by Crippen LogP contribution is -2.31. The van der Waals surface area contributed by atoms with E-state index in [2.05, 4.69) is 38.7 Å². The van der Waals surface area contributed by atoms with E-state index in [9.17, 15) is 4.79 Å². The Morgan fingerprint density at radius 1 is 1.19 bits per heavy atom. The third-order valence-corrected chi connectivity index (χ3v) is 4.96. The number of pyridine rings is 1. The van der Waals surface area contributed by atoms with Crippen molar-refractivity contribution in [2.75, 3.05) is 7.11 Å². The minimum absolute atomic E-state index is 0.117. The maximum Gasteiger partial charge on any atom is 0.247 e. The van der Waals surface area contributed by atoms with E-state index in [4.69, 9.17) is 14.5 Å². The van der Waals surface area contributed by atoms with Gasteiger partial charge in [0, 0.05) is 35.4 Å². The van der Waals surface area contributed by atoms with E-state index in [1.54, 1.807) is 19.4 Å². The lowest BCUT2D eigenvalue weighted by atomic mass is 9.81. The molecule has 0 fully saturated rings. The van der Waals surface area contributed by atoms with Gasteiger partial charge in [-0.05, 0) is 51.8 Å². The lowest BCUT2D eigenvalue weighted by Gasteiger charge is -2.31. The smallest absolute Gasteiger partial charge is 0.247 e. The van der Waals surface area contributed by atoms with Crippen LogP contribution in [0.5, 0.6) is 11.5 Å². The van der Waals surface area contributed by atoms with Gasteiger partial charge in [-0.25, -0.2) is 0 Å². The second-order valence-corrected chi connectivity index (χ2v) is 8.35. The predicted octanol–water partition coefficient (Wildman–Crippen LogP) is 3.27. The van der Waals surface area contributed by atoms with Crippen molar-refractivity contribution in [2.45, 2.75) is 51.7 Å². The molecule has 0 saturated carbocycles. The van der Waals surface area contributed by atoms with Crippen molar-refractivity contribution in [2.24, 2.45) is 4.99 Å². The largest absolute Gasteiger partial charge is 0.493 e. The van der Waals surface area contributed by atoms with Gasteiger partial charge in [0.05, 0.1) is 18.4 Å². The second-order valence-electron chi connectivity index (χ2n) is 8.35. The van der Waals surface area contributed by atoms with Crippen molar-refractivity contribution in [3.63, 3.8) is 0 Å². The van der Waals surface area contributed by atoms with Gasteiger partial charge < -0.3 is 14.5 Å². The van der Waals surface area contributed by atoms with Crippen molar-refractivity contribution >= 4 is 5.71 Å². The van der Waals surface area contributed by atoms with E-state index in [0.717, 1.165) is 46.7 Å². The van der Waals surface area contributed by atoms with Gasteiger partial charge in [0.1, 0.15) is 5.60 Å². The molecular formula is C21H24N2O3. The fourth-order valence-electron chi connectivity index (χ4n) is 3.99. The summed E-state index contributed by atoms with van der Waals surface area (Å²) in [5.74, 6) is 1.59. The Kier molecular flexibility index (Phi) is 3.55. The van der Waals surface area contributed by atoms with Crippen LogP contribution in [0.1, 0.15) is 49.9 Å². The molecule has 0 atom stereocenters. The van der Waals surface area contributed by atoms with Crippen LogP contribution < -0.4 is 15.0 Å². The highest BCUT2D eigenvalue weighted by molar-refractivity contribution is 6.16. The first-order valence-electron chi connectivity index (χ1n) is 8.90. The summed E-state index contributed by atoms with van der Waals surface area (Å²) >= 11 is 0. The minimum atomic E-state index is -0.284. The number of nitrogens with zero attached hydrogens (tertiary/aromatic N) is 1. The zero-order valence-electron chi connectivity index (χ0n) is 15.9. The van der Waals surface area contributed by atoms with Crippen molar-refractivity contribution < 1.29 is 9.47 Å². The standard InChI is InChI=1S/C21H24N2O3/c1-20(2)9-13-8-15(25-5)19-14(10-21(3,4)26-19)17(13)18(23-20)12-6-7-16(24)22-11-12/h6-8,11H,9-10H2,1-5H3,(H,22,24). The summed E-state index contributed by atoms with van der Waals surface area (Å²) in [7, 11) is 1.68. The Balaban J connectivity index is 1.99. The average Bonchev–Trinajstić information content (AvgIpc) is 2.88. The van der Waals surface area contributed by atoms with Gasteiger partial charge >= 0.3 is 0 Å². The average molecular weight is 352 g/mol. The Morgan fingerprint density at radius 3 is 2.62 bits per heavy atom. The number of ether oxygens (including phenoxy) is 2. The topological polar surface area (TPSA) is 63.7 Å². The molecule has 0 unspecified atom stereocenters. The molecule has 0 spiro atoms. The zero-order valence-corrected chi connectivity index (χ0v) is 15.9. The van der Waals surface area contributed by atoms with E-state index in [0.29, 0.717) is 0 Å². The van der Waals surface area contributed by atoms with E-state index in [1.165, 1.54) is 5.56 Å². The second kappa shape index (κ2) is 5.47. The summed E-state index contributed by atoms with van der Waals surface area (Å²) in [6.45, 7) is 8.42. The third kappa shape index (κ3) is 2.71. The fraction of sp³-hybridized carbons (Fsp3) is 0.429. The quantitative estimate of drug-likeness (QED) is 0.902. The highest BCUT2D eigenvalue weighted by Gasteiger charge is 2.39. The molecule has 5 nitrogen and oxygen atoms in total. The molecule has 2 aliphatic rings. The summed E-state index contributed by atoms with van der Waals surface area (Å²) in [4.78, 5) is 19.3. The molecule has 4 rings (SSSR count). The van der Waals surface area contributed by atoms with Crippen LogP contribution in [-0.4, -0.2) is 28.9 Å². The number of aromatic amines is 1. The molecule has 0 radical (unpaired) electrons. The maximum absolute atomic E-state index is 11.5. The van der Waals surface area contributed by atoms with Crippen LogP contribution in [0.25, 0.3) is 0 Å². The van der Waals surface area contributed by atoms with Crippen LogP contribution in [-0.2, 0) is 12.8 Å². The molecule has 136 valence electrons. The number of nitrogens with one attached hydrogen (secondary N) is 1.